The zero-order valence-electron chi connectivity index (χ0n) is 18.8. The molecule has 34 heavy (non-hydrogen) atoms. The lowest BCUT2D eigenvalue weighted by molar-refractivity contribution is 0.406. The zero-order chi connectivity index (χ0) is 24.1. The van der Waals surface area contributed by atoms with Gasteiger partial charge in [-0.15, -0.1) is 0 Å². The molecular formula is C26H24FN3O3S. The quantitative estimate of drug-likeness (QED) is 0.362. The van der Waals surface area contributed by atoms with Crippen molar-refractivity contribution in [3.8, 4) is 11.5 Å². The number of halogens is 1. The van der Waals surface area contributed by atoms with Crippen LogP contribution in [0.25, 0.3) is 10.9 Å². The van der Waals surface area contributed by atoms with Crippen molar-refractivity contribution in [2.75, 3.05) is 19.5 Å². The highest BCUT2D eigenvalue weighted by Gasteiger charge is 2.15. The third-order valence-corrected chi connectivity index (χ3v) is 5.76. The molecule has 1 aromatic heterocycles. The topological polar surface area (TPSA) is 66.6 Å². The normalized spacial score (nSPS) is 10.7. The molecule has 0 unspecified atom stereocenters. The number of fused-ring (bicyclic) bond motifs is 1. The Morgan fingerprint density at radius 2 is 1.62 bits per heavy atom. The summed E-state index contributed by atoms with van der Waals surface area (Å²) in [5, 5.41) is 4.41. The Kier molecular flexibility index (Phi) is 7.08. The maximum Gasteiger partial charge on any atom is 0.253 e. The second-order valence-corrected chi connectivity index (χ2v) is 8.10. The van der Waals surface area contributed by atoms with Crippen LogP contribution < -0.4 is 20.3 Å². The van der Waals surface area contributed by atoms with E-state index in [-0.39, 0.29) is 17.9 Å². The van der Waals surface area contributed by atoms with Crippen LogP contribution in [0.1, 0.15) is 11.1 Å². The minimum Gasteiger partial charge on any atom is -0.497 e. The van der Waals surface area contributed by atoms with Gasteiger partial charge in [0.15, 0.2) is 5.11 Å². The number of aromatic amines is 1. The smallest absolute Gasteiger partial charge is 0.253 e. The maximum atomic E-state index is 13.3. The molecule has 4 aromatic rings. The number of ether oxygens (including phenoxy) is 2. The van der Waals surface area contributed by atoms with Gasteiger partial charge in [-0.25, -0.2) is 4.39 Å². The molecule has 2 N–H and O–H groups in total. The SMILES string of the molecule is COc1ccc(CN(Cc2cc3cc(OC)ccc3[nH]c2=O)C(=S)Nc2ccc(F)cc2)cc1. The molecule has 8 heteroatoms. The molecule has 0 spiro atoms. The molecule has 0 aliphatic rings. The van der Waals surface area contributed by atoms with E-state index in [9.17, 15) is 9.18 Å². The monoisotopic (exact) mass is 477 g/mol. The van der Waals surface area contributed by atoms with E-state index in [1.807, 2.05) is 47.4 Å². The molecular weight excluding hydrogens is 453 g/mol. The van der Waals surface area contributed by atoms with Gasteiger partial charge in [-0.3, -0.25) is 4.79 Å². The predicted octanol–water partition coefficient (Wildman–Crippen LogP) is 5.08. The fourth-order valence-corrected chi connectivity index (χ4v) is 3.81. The zero-order valence-corrected chi connectivity index (χ0v) is 19.6. The van der Waals surface area contributed by atoms with Crippen LogP contribution in [0, 0.1) is 5.82 Å². The summed E-state index contributed by atoms with van der Waals surface area (Å²) >= 11 is 5.68. The van der Waals surface area contributed by atoms with Crippen LogP contribution in [0.3, 0.4) is 0 Å². The van der Waals surface area contributed by atoms with Crippen molar-refractivity contribution in [3.63, 3.8) is 0 Å². The number of pyridine rings is 1. The predicted molar refractivity (Wildman–Crippen MR) is 136 cm³/mol. The van der Waals surface area contributed by atoms with Crippen molar-refractivity contribution in [1.82, 2.24) is 9.88 Å². The summed E-state index contributed by atoms with van der Waals surface area (Å²) in [6, 6.07) is 20.9. The Balaban J connectivity index is 1.64. The third kappa shape index (κ3) is 5.52. The molecule has 0 saturated heterocycles. The third-order valence-electron chi connectivity index (χ3n) is 5.40. The molecule has 0 aliphatic heterocycles. The van der Waals surface area contributed by atoms with Crippen molar-refractivity contribution in [3.05, 3.63) is 100 Å². The number of nitrogens with one attached hydrogen (secondary N) is 2. The molecule has 174 valence electrons. The van der Waals surface area contributed by atoms with E-state index in [1.54, 1.807) is 32.4 Å². The van der Waals surface area contributed by atoms with Crippen LogP contribution in [-0.2, 0) is 13.1 Å². The summed E-state index contributed by atoms with van der Waals surface area (Å²) in [6.45, 7) is 0.716. The van der Waals surface area contributed by atoms with Gasteiger partial charge in [0.25, 0.3) is 5.56 Å². The summed E-state index contributed by atoms with van der Waals surface area (Å²) in [6.07, 6.45) is 0. The molecule has 6 nitrogen and oxygen atoms in total. The number of rotatable bonds is 7. The van der Waals surface area contributed by atoms with Gasteiger partial charge in [-0.2, -0.15) is 0 Å². The van der Waals surface area contributed by atoms with Crippen LogP contribution in [0.2, 0.25) is 0 Å². The number of hydrogen-bond donors (Lipinski definition) is 2. The lowest BCUT2D eigenvalue weighted by atomic mass is 10.1. The summed E-state index contributed by atoms with van der Waals surface area (Å²) < 4.78 is 23.9. The first kappa shape index (κ1) is 23.3. The second kappa shape index (κ2) is 10.4. The number of anilines is 1. The van der Waals surface area contributed by atoms with Crippen LogP contribution >= 0.6 is 12.2 Å². The molecule has 0 radical (unpaired) electrons. The standard InChI is InChI=1S/C26H24FN3O3S/c1-32-22-9-3-17(4-10-22)15-30(26(34)28-21-7-5-20(27)6-8-21)16-19-13-18-14-23(33-2)11-12-24(18)29-25(19)31/h3-14H,15-16H2,1-2H3,(H,28,34)(H,29,31). The van der Waals surface area contributed by atoms with Crippen molar-refractivity contribution in [2.24, 2.45) is 0 Å². The molecule has 0 amide bonds. The van der Waals surface area contributed by atoms with Gasteiger partial charge in [0.05, 0.1) is 20.8 Å². The van der Waals surface area contributed by atoms with E-state index in [1.165, 1.54) is 12.1 Å². The Labute approximate surface area is 201 Å². The van der Waals surface area contributed by atoms with Crippen LogP contribution in [0.15, 0.2) is 77.6 Å². The molecule has 0 aliphatic carbocycles. The molecule has 3 aromatic carbocycles. The van der Waals surface area contributed by atoms with Gasteiger partial charge in [0.1, 0.15) is 17.3 Å². The average molecular weight is 478 g/mol. The fraction of sp³-hybridized carbons (Fsp3) is 0.154. The highest BCUT2D eigenvalue weighted by Crippen LogP contribution is 2.21. The Morgan fingerprint density at radius 3 is 2.29 bits per heavy atom. The molecule has 0 fully saturated rings. The van der Waals surface area contributed by atoms with E-state index in [0.717, 1.165) is 22.2 Å². The number of hydrogen-bond acceptors (Lipinski definition) is 4. The molecule has 0 bridgehead atoms. The molecule has 1 heterocycles. The van der Waals surface area contributed by atoms with E-state index < -0.39 is 0 Å². The van der Waals surface area contributed by atoms with Gasteiger partial charge < -0.3 is 24.7 Å². The molecule has 4 rings (SSSR count). The summed E-state index contributed by atoms with van der Waals surface area (Å²) in [5.41, 5.74) is 2.73. The minimum atomic E-state index is -0.329. The number of benzene rings is 3. The molecule has 0 atom stereocenters. The highest BCUT2D eigenvalue weighted by atomic mass is 32.1. The van der Waals surface area contributed by atoms with E-state index in [0.29, 0.717) is 28.7 Å². The summed E-state index contributed by atoms with van der Waals surface area (Å²) in [5.74, 6) is 1.13. The Morgan fingerprint density at radius 1 is 0.941 bits per heavy atom. The Hall–Kier alpha value is -3.91. The highest BCUT2D eigenvalue weighted by molar-refractivity contribution is 7.80. The first-order valence-corrected chi connectivity index (χ1v) is 11.0. The number of methoxy groups -OCH3 is 2. The fourth-order valence-electron chi connectivity index (χ4n) is 3.57. The minimum absolute atomic E-state index is 0.193. The van der Waals surface area contributed by atoms with Gasteiger partial charge in [-0.05, 0) is 78.4 Å². The van der Waals surface area contributed by atoms with Gasteiger partial charge in [-0.1, -0.05) is 12.1 Å². The number of aromatic nitrogens is 1. The van der Waals surface area contributed by atoms with E-state index >= 15 is 0 Å². The largest absolute Gasteiger partial charge is 0.497 e. The van der Waals surface area contributed by atoms with E-state index in [2.05, 4.69) is 10.3 Å². The van der Waals surface area contributed by atoms with Crippen molar-refractivity contribution in [1.29, 1.82) is 0 Å². The number of nitrogens with zero attached hydrogens (tertiary/aromatic N) is 1. The first-order chi connectivity index (χ1) is 16.4. The van der Waals surface area contributed by atoms with Crippen LogP contribution in [-0.4, -0.2) is 29.2 Å². The first-order valence-electron chi connectivity index (χ1n) is 10.6. The van der Waals surface area contributed by atoms with Gasteiger partial charge in [0.2, 0.25) is 0 Å². The maximum absolute atomic E-state index is 13.3. The van der Waals surface area contributed by atoms with Gasteiger partial charge in [0, 0.05) is 28.7 Å². The van der Waals surface area contributed by atoms with Crippen LogP contribution in [0.5, 0.6) is 11.5 Å². The second-order valence-electron chi connectivity index (χ2n) is 7.72. The lowest BCUT2D eigenvalue weighted by Crippen LogP contribution is -2.35. The van der Waals surface area contributed by atoms with E-state index in [4.69, 9.17) is 21.7 Å². The van der Waals surface area contributed by atoms with Crippen molar-refractivity contribution >= 4 is 33.9 Å². The molecule has 0 saturated carbocycles. The van der Waals surface area contributed by atoms with Crippen LogP contribution in [0.4, 0.5) is 10.1 Å². The number of thiocarbonyl (C=S) groups is 1. The van der Waals surface area contributed by atoms with Gasteiger partial charge >= 0.3 is 0 Å². The lowest BCUT2D eigenvalue weighted by Gasteiger charge is -2.26. The van der Waals surface area contributed by atoms with Crippen molar-refractivity contribution in [2.45, 2.75) is 13.1 Å². The average Bonchev–Trinajstić information content (AvgIpc) is 2.85. The summed E-state index contributed by atoms with van der Waals surface area (Å²) in [7, 11) is 3.22. The van der Waals surface area contributed by atoms with Crippen molar-refractivity contribution < 1.29 is 13.9 Å². The number of H-pyrrole nitrogens is 1. The Bertz CT molecular complexity index is 1350. The summed E-state index contributed by atoms with van der Waals surface area (Å²) in [4.78, 5) is 17.7.